The van der Waals surface area contributed by atoms with Crippen LogP contribution in [0.2, 0.25) is 10.0 Å². The summed E-state index contributed by atoms with van der Waals surface area (Å²) >= 11 is 13.9. The van der Waals surface area contributed by atoms with Crippen LogP contribution in [0.5, 0.6) is 0 Å². The zero-order valence-corrected chi connectivity index (χ0v) is 22.6. The Kier molecular flexibility index (Phi) is 7.23. The minimum Gasteiger partial charge on any atom is -0.311 e. The maximum absolute atomic E-state index is 13.3. The van der Waals surface area contributed by atoms with E-state index >= 15 is 0 Å². The van der Waals surface area contributed by atoms with Crippen LogP contribution in [-0.4, -0.2) is 42.0 Å². The van der Waals surface area contributed by atoms with E-state index in [-0.39, 0.29) is 11.3 Å². The van der Waals surface area contributed by atoms with E-state index in [4.69, 9.17) is 28.2 Å². The number of aromatic nitrogens is 1. The van der Waals surface area contributed by atoms with Crippen LogP contribution in [0.15, 0.2) is 41.9 Å². The summed E-state index contributed by atoms with van der Waals surface area (Å²) in [6.07, 6.45) is 7.89. The van der Waals surface area contributed by atoms with E-state index in [0.29, 0.717) is 22.4 Å². The van der Waals surface area contributed by atoms with Crippen molar-refractivity contribution in [2.75, 3.05) is 31.1 Å². The number of hydrogen-bond donors (Lipinski definition) is 0. The van der Waals surface area contributed by atoms with Crippen molar-refractivity contribution in [2.24, 2.45) is 5.92 Å². The van der Waals surface area contributed by atoms with E-state index in [0.717, 1.165) is 62.2 Å². The number of piperidine rings is 1. The van der Waals surface area contributed by atoms with Gasteiger partial charge in [0.15, 0.2) is 0 Å². The molecule has 0 bridgehead atoms. The molecule has 4 nitrogen and oxygen atoms in total. The number of likely N-dealkylation sites (tertiary alicyclic amines) is 1. The molecular formula is C28H31Cl2N3OS. The van der Waals surface area contributed by atoms with Crippen molar-refractivity contribution < 1.29 is 4.79 Å². The molecule has 184 valence electrons. The normalized spacial score (nSPS) is 17.8. The molecule has 0 saturated carbocycles. The van der Waals surface area contributed by atoms with Gasteiger partial charge in [0.05, 0.1) is 25.8 Å². The molecule has 0 aliphatic carbocycles. The number of hydrogen-bond acceptors (Lipinski definition) is 4. The molecule has 0 unspecified atom stereocenters. The van der Waals surface area contributed by atoms with E-state index in [2.05, 4.69) is 47.9 Å². The molecule has 5 rings (SSSR count). The van der Waals surface area contributed by atoms with Gasteiger partial charge in [0.25, 0.3) is 0 Å². The van der Waals surface area contributed by atoms with Crippen molar-refractivity contribution in [1.82, 2.24) is 9.88 Å². The first kappa shape index (κ1) is 24.8. The van der Waals surface area contributed by atoms with Gasteiger partial charge in [0.2, 0.25) is 5.91 Å². The van der Waals surface area contributed by atoms with E-state index < -0.39 is 0 Å². The zero-order chi connectivity index (χ0) is 24.6. The van der Waals surface area contributed by atoms with E-state index in [1.807, 2.05) is 23.7 Å². The van der Waals surface area contributed by atoms with Gasteiger partial charge in [-0.15, -0.1) is 11.3 Å². The lowest BCUT2D eigenvalue weighted by Gasteiger charge is -2.39. The van der Waals surface area contributed by atoms with Crippen LogP contribution in [0.4, 0.5) is 5.69 Å². The van der Waals surface area contributed by atoms with E-state index in [9.17, 15) is 4.79 Å². The van der Waals surface area contributed by atoms with Crippen LogP contribution >= 0.6 is 34.5 Å². The van der Waals surface area contributed by atoms with Crippen LogP contribution < -0.4 is 4.90 Å². The molecule has 0 radical (unpaired) electrons. The second-order valence-corrected chi connectivity index (χ2v) is 11.9. The average molecular weight is 529 g/mol. The highest BCUT2D eigenvalue weighted by Gasteiger charge is 2.47. The van der Waals surface area contributed by atoms with Gasteiger partial charge in [-0.1, -0.05) is 55.3 Å². The number of halogens is 2. The molecule has 3 aromatic rings. The first-order chi connectivity index (χ1) is 16.9. The van der Waals surface area contributed by atoms with Gasteiger partial charge in [-0.25, -0.2) is 4.98 Å². The summed E-state index contributed by atoms with van der Waals surface area (Å²) < 4.78 is 1.21. The minimum atomic E-state index is -0.0136. The Morgan fingerprint density at radius 2 is 1.97 bits per heavy atom. The summed E-state index contributed by atoms with van der Waals surface area (Å²) in [5.74, 6) is 0.773. The average Bonchev–Trinajstić information content (AvgIpc) is 3.44. The fourth-order valence-corrected chi connectivity index (χ4v) is 6.42. The number of anilines is 1. The molecule has 7 heteroatoms. The maximum Gasteiger partial charge on any atom is 0.227 e. The minimum absolute atomic E-state index is 0.0136. The molecular weight excluding hydrogens is 497 g/mol. The molecule has 35 heavy (non-hydrogen) atoms. The predicted molar refractivity (Wildman–Crippen MR) is 149 cm³/mol. The molecule has 2 aromatic carbocycles. The molecule has 0 N–H and O–H groups in total. The topological polar surface area (TPSA) is 36.4 Å². The lowest BCUT2D eigenvalue weighted by molar-refractivity contribution is -0.119. The SMILES string of the molecule is CC(C)CCC(=O)N1CC2(CCN(C/C=C/c3ccc(Cl)c(Cl)c3)CC2)c2c1ccc1scnc21. The number of nitrogens with zero attached hydrogens (tertiary/aromatic N) is 3. The first-order valence-corrected chi connectivity index (χ1v) is 14.0. The summed E-state index contributed by atoms with van der Waals surface area (Å²) in [6, 6.07) is 10.0. The molecule has 3 heterocycles. The molecule has 0 atom stereocenters. The largest absolute Gasteiger partial charge is 0.311 e. The third-order valence-corrected chi connectivity index (χ3v) is 8.96. The zero-order valence-electron chi connectivity index (χ0n) is 20.3. The molecule has 1 aromatic heterocycles. The highest BCUT2D eigenvalue weighted by Crippen LogP contribution is 2.50. The predicted octanol–water partition coefficient (Wildman–Crippen LogP) is 7.43. The Bertz CT molecular complexity index is 1260. The molecule has 1 fully saturated rings. The van der Waals surface area contributed by atoms with E-state index in [1.165, 1.54) is 10.3 Å². The molecule has 1 saturated heterocycles. The number of fused-ring (bicyclic) bond motifs is 4. The van der Waals surface area contributed by atoms with Gasteiger partial charge in [-0.05, 0) is 68.1 Å². The Morgan fingerprint density at radius 1 is 1.17 bits per heavy atom. The summed E-state index contributed by atoms with van der Waals surface area (Å²) in [7, 11) is 0. The summed E-state index contributed by atoms with van der Waals surface area (Å²) in [6.45, 7) is 8.03. The van der Waals surface area contributed by atoms with Gasteiger partial charge < -0.3 is 4.90 Å². The fraction of sp³-hybridized carbons (Fsp3) is 0.429. The third-order valence-electron chi connectivity index (χ3n) is 7.43. The highest BCUT2D eigenvalue weighted by atomic mass is 35.5. The molecule has 2 aliphatic heterocycles. The number of rotatable bonds is 6. The third kappa shape index (κ3) is 5.01. The smallest absolute Gasteiger partial charge is 0.227 e. The quantitative estimate of drug-likeness (QED) is 0.334. The van der Waals surface area contributed by atoms with Crippen LogP contribution in [0, 0.1) is 5.92 Å². The lowest BCUT2D eigenvalue weighted by Crippen LogP contribution is -2.46. The van der Waals surface area contributed by atoms with Crippen LogP contribution in [0.25, 0.3) is 16.3 Å². The van der Waals surface area contributed by atoms with Crippen molar-refractivity contribution in [2.45, 2.75) is 44.9 Å². The van der Waals surface area contributed by atoms with Gasteiger partial charge >= 0.3 is 0 Å². The summed E-state index contributed by atoms with van der Waals surface area (Å²) in [5, 5.41) is 1.16. The van der Waals surface area contributed by atoms with Crippen LogP contribution in [-0.2, 0) is 10.2 Å². The van der Waals surface area contributed by atoms with Crippen molar-refractivity contribution >= 4 is 62.4 Å². The van der Waals surface area contributed by atoms with Crippen molar-refractivity contribution in [1.29, 1.82) is 0 Å². The van der Waals surface area contributed by atoms with Crippen LogP contribution in [0.1, 0.15) is 50.7 Å². The first-order valence-electron chi connectivity index (χ1n) is 12.4. The summed E-state index contributed by atoms with van der Waals surface area (Å²) in [4.78, 5) is 22.6. The lowest BCUT2D eigenvalue weighted by atomic mass is 9.74. The Labute approximate surface area is 221 Å². The second-order valence-electron chi connectivity index (χ2n) is 10.2. The Hall–Kier alpha value is -1.92. The molecule has 1 spiro atoms. The fourth-order valence-electron chi connectivity index (χ4n) is 5.43. The van der Waals surface area contributed by atoms with Crippen LogP contribution in [0.3, 0.4) is 0 Å². The number of thiazole rings is 1. The number of carbonyl (C=O) groups excluding carboxylic acids is 1. The van der Waals surface area contributed by atoms with Gasteiger partial charge in [-0.2, -0.15) is 0 Å². The molecule has 1 amide bonds. The van der Waals surface area contributed by atoms with Crippen molar-refractivity contribution in [3.63, 3.8) is 0 Å². The van der Waals surface area contributed by atoms with E-state index in [1.54, 1.807) is 11.3 Å². The van der Waals surface area contributed by atoms with Gasteiger partial charge in [0, 0.05) is 36.2 Å². The number of carbonyl (C=O) groups is 1. The number of amides is 1. The monoisotopic (exact) mass is 527 g/mol. The second kappa shape index (κ2) is 10.2. The standard InChI is InChI=1S/C28H31Cl2N3OS/c1-19(2)5-10-25(34)33-17-28(26-23(33)8-9-24-27(26)31-18-35-24)11-14-32(15-12-28)13-3-4-20-6-7-21(29)22(30)16-20/h3-4,6-9,16,18-19H,5,10-15,17H2,1-2H3/b4-3+. The number of benzene rings is 2. The Balaban J connectivity index is 1.32. The van der Waals surface area contributed by atoms with Gasteiger partial charge in [0.1, 0.15) is 0 Å². The summed E-state index contributed by atoms with van der Waals surface area (Å²) in [5.41, 5.74) is 6.47. The Morgan fingerprint density at radius 3 is 2.71 bits per heavy atom. The van der Waals surface area contributed by atoms with Crippen molar-refractivity contribution in [3.05, 3.63) is 63.1 Å². The van der Waals surface area contributed by atoms with Gasteiger partial charge in [-0.3, -0.25) is 9.69 Å². The highest BCUT2D eigenvalue weighted by molar-refractivity contribution is 7.16. The maximum atomic E-state index is 13.3. The molecule has 2 aliphatic rings. The van der Waals surface area contributed by atoms with Crippen molar-refractivity contribution in [3.8, 4) is 0 Å².